The van der Waals surface area contributed by atoms with Crippen LogP contribution in [0.1, 0.15) is 24.8 Å². The molecule has 3 rings (SSSR count). The van der Waals surface area contributed by atoms with Crippen molar-refractivity contribution in [2.45, 2.75) is 38.0 Å². The number of carbonyl (C=O) groups excluding carboxylic acids is 1. The molecule has 2 heterocycles. The summed E-state index contributed by atoms with van der Waals surface area (Å²) in [6, 6.07) is 10.6. The third-order valence-corrected chi connectivity index (χ3v) is 4.86. The van der Waals surface area contributed by atoms with Crippen LogP contribution in [-0.4, -0.2) is 60.6 Å². The van der Waals surface area contributed by atoms with Crippen LogP contribution in [0.15, 0.2) is 30.3 Å². The number of piperidine rings is 1. The number of morpholine rings is 1. The summed E-state index contributed by atoms with van der Waals surface area (Å²) in [7, 11) is 0. The number of nitrogens with two attached hydrogens (primary N) is 1. The van der Waals surface area contributed by atoms with Crippen LogP contribution in [0.4, 0.5) is 0 Å². The molecule has 2 aliphatic rings. The number of likely N-dealkylation sites (tertiary alicyclic amines) is 1. The zero-order valence-corrected chi connectivity index (χ0v) is 13.7. The lowest BCUT2D eigenvalue weighted by atomic mass is 10.0. The van der Waals surface area contributed by atoms with Crippen LogP contribution in [0.3, 0.4) is 0 Å². The molecule has 23 heavy (non-hydrogen) atoms. The fourth-order valence-corrected chi connectivity index (χ4v) is 3.56. The van der Waals surface area contributed by atoms with Gasteiger partial charge in [-0.1, -0.05) is 30.3 Å². The number of amides is 1. The largest absolute Gasteiger partial charge is 0.366 e. The summed E-state index contributed by atoms with van der Waals surface area (Å²) in [5.41, 5.74) is 7.12. The van der Waals surface area contributed by atoms with Gasteiger partial charge in [0.15, 0.2) is 0 Å². The van der Waals surface area contributed by atoms with Gasteiger partial charge in [-0.15, -0.1) is 0 Å². The number of hydrogen-bond acceptors (Lipinski definition) is 4. The van der Waals surface area contributed by atoms with E-state index in [1.807, 2.05) is 11.0 Å². The first-order valence-electron chi connectivity index (χ1n) is 8.66. The van der Waals surface area contributed by atoms with Gasteiger partial charge in [-0.05, 0) is 24.8 Å². The summed E-state index contributed by atoms with van der Waals surface area (Å²) in [6.07, 6.45) is 2.91. The van der Waals surface area contributed by atoms with Gasteiger partial charge >= 0.3 is 0 Å². The molecule has 0 aliphatic carbocycles. The van der Waals surface area contributed by atoms with E-state index in [0.29, 0.717) is 19.7 Å². The molecule has 0 bridgehead atoms. The molecule has 2 fully saturated rings. The van der Waals surface area contributed by atoms with Crippen LogP contribution in [0.2, 0.25) is 0 Å². The lowest BCUT2D eigenvalue weighted by Crippen LogP contribution is -2.55. The number of rotatable bonds is 4. The molecule has 1 aromatic carbocycles. The van der Waals surface area contributed by atoms with Crippen LogP contribution in [-0.2, 0) is 16.1 Å². The third-order valence-electron chi connectivity index (χ3n) is 4.86. The Hall–Kier alpha value is -1.43. The molecule has 5 nitrogen and oxygen atoms in total. The summed E-state index contributed by atoms with van der Waals surface area (Å²) in [5.74, 6) is 0.123. The van der Waals surface area contributed by atoms with Gasteiger partial charge < -0.3 is 15.4 Å². The molecule has 0 saturated carbocycles. The smallest absolute Gasteiger partial charge is 0.253 e. The van der Waals surface area contributed by atoms with Crippen molar-refractivity contribution in [3.05, 3.63) is 35.9 Å². The van der Waals surface area contributed by atoms with Gasteiger partial charge in [-0.3, -0.25) is 9.69 Å². The number of ether oxygens (including phenoxy) is 1. The van der Waals surface area contributed by atoms with Crippen LogP contribution in [0.25, 0.3) is 0 Å². The molecule has 0 aromatic heterocycles. The molecule has 2 atom stereocenters. The summed E-state index contributed by atoms with van der Waals surface area (Å²) >= 11 is 0. The molecule has 2 N–H and O–H groups in total. The maximum absolute atomic E-state index is 12.8. The van der Waals surface area contributed by atoms with Crippen LogP contribution in [0.5, 0.6) is 0 Å². The van der Waals surface area contributed by atoms with Gasteiger partial charge in [-0.2, -0.15) is 0 Å². The lowest BCUT2D eigenvalue weighted by Gasteiger charge is -2.40. The van der Waals surface area contributed by atoms with Gasteiger partial charge in [0.25, 0.3) is 5.91 Å². The molecule has 2 saturated heterocycles. The van der Waals surface area contributed by atoms with E-state index in [1.165, 1.54) is 5.56 Å². The Balaban J connectivity index is 1.60. The normalized spacial score (nSPS) is 26.2. The van der Waals surface area contributed by atoms with Gasteiger partial charge in [-0.25, -0.2) is 0 Å². The third kappa shape index (κ3) is 4.10. The van der Waals surface area contributed by atoms with Crippen LogP contribution in [0, 0.1) is 0 Å². The summed E-state index contributed by atoms with van der Waals surface area (Å²) < 4.78 is 5.78. The fourth-order valence-electron chi connectivity index (χ4n) is 3.56. The van der Waals surface area contributed by atoms with Crippen molar-refractivity contribution in [3.8, 4) is 0 Å². The van der Waals surface area contributed by atoms with Crippen molar-refractivity contribution in [3.63, 3.8) is 0 Å². The minimum atomic E-state index is -0.348. The zero-order valence-electron chi connectivity index (χ0n) is 13.7. The van der Waals surface area contributed by atoms with Gasteiger partial charge in [0.05, 0.1) is 6.61 Å². The summed E-state index contributed by atoms with van der Waals surface area (Å²) in [6.45, 7) is 4.39. The Kier molecular flexibility index (Phi) is 5.65. The van der Waals surface area contributed by atoms with E-state index in [1.54, 1.807) is 0 Å². The van der Waals surface area contributed by atoms with Crippen molar-refractivity contribution < 1.29 is 9.53 Å². The van der Waals surface area contributed by atoms with Gasteiger partial charge in [0, 0.05) is 38.8 Å². The van der Waals surface area contributed by atoms with Gasteiger partial charge in [0.1, 0.15) is 6.10 Å². The van der Waals surface area contributed by atoms with E-state index in [0.717, 1.165) is 38.9 Å². The first-order valence-corrected chi connectivity index (χ1v) is 8.66. The van der Waals surface area contributed by atoms with E-state index in [-0.39, 0.29) is 18.1 Å². The van der Waals surface area contributed by atoms with E-state index in [9.17, 15) is 4.79 Å². The maximum atomic E-state index is 12.8. The molecule has 126 valence electrons. The van der Waals surface area contributed by atoms with Crippen molar-refractivity contribution in [1.29, 1.82) is 0 Å². The molecule has 2 aliphatic heterocycles. The second-order valence-electron chi connectivity index (χ2n) is 6.50. The maximum Gasteiger partial charge on any atom is 0.253 e. The lowest BCUT2D eigenvalue weighted by molar-refractivity contribution is -0.153. The molecule has 0 spiro atoms. The zero-order chi connectivity index (χ0) is 16.1. The van der Waals surface area contributed by atoms with Crippen molar-refractivity contribution in [2.24, 2.45) is 5.73 Å². The minimum absolute atomic E-state index is 0.123. The number of nitrogens with zero attached hydrogens (tertiary/aromatic N) is 2. The second-order valence-corrected chi connectivity index (χ2v) is 6.50. The first-order chi connectivity index (χ1) is 11.3. The minimum Gasteiger partial charge on any atom is -0.366 e. The highest BCUT2D eigenvalue weighted by atomic mass is 16.5. The Morgan fingerprint density at radius 3 is 2.83 bits per heavy atom. The average Bonchev–Trinajstić information content (AvgIpc) is 2.62. The molecule has 5 heteroatoms. The predicted octanol–water partition coefficient (Wildman–Crippen LogP) is 1.23. The topological polar surface area (TPSA) is 58.8 Å². The molecule has 0 radical (unpaired) electrons. The van der Waals surface area contributed by atoms with Crippen molar-refractivity contribution >= 4 is 5.91 Å². The fraction of sp³-hybridized carbons (Fsp3) is 0.611. The van der Waals surface area contributed by atoms with Crippen molar-refractivity contribution in [1.82, 2.24) is 9.80 Å². The Morgan fingerprint density at radius 1 is 1.22 bits per heavy atom. The number of carbonyl (C=O) groups is 1. The van der Waals surface area contributed by atoms with Crippen molar-refractivity contribution in [2.75, 3.05) is 32.8 Å². The second kappa shape index (κ2) is 7.90. The molecule has 2 unspecified atom stereocenters. The van der Waals surface area contributed by atoms with E-state index in [4.69, 9.17) is 10.5 Å². The molecule has 1 aromatic rings. The summed E-state index contributed by atoms with van der Waals surface area (Å²) in [5, 5.41) is 0. The van der Waals surface area contributed by atoms with Crippen LogP contribution < -0.4 is 5.73 Å². The van der Waals surface area contributed by atoms with E-state index < -0.39 is 0 Å². The SMILES string of the molecule is NCC1CCCCN1C(=O)C1CN(Cc2ccccc2)CCO1. The van der Waals surface area contributed by atoms with Gasteiger partial charge in [0.2, 0.25) is 0 Å². The predicted molar refractivity (Wildman–Crippen MR) is 89.9 cm³/mol. The Labute approximate surface area is 138 Å². The molecular formula is C18H27N3O2. The highest BCUT2D eigenvalue weighted by Gasteiger charge is 2.34. The van der Waals surface area contributed by atoms with Crippen LogP contribution >= 0.6 is 0 Å². The monoisotopic (exact) mass is 317 g/mol. The highest BCUT2D eigenvalue weighted by molar-refractivity contribution is 5.81. The number of benzene rings is 1. The standard InChI is InChI=1S/C18H27N3O2/c19-12-16-8-4-5-9-21(16)18(22)17-14-20(10-11-23-17)13-15-6-2-1-3-7-15/h1-3,6-7,16-17H,4-5,8-14,19H2. The molecular weight excluding hydrogens is 290 g/mol. The first kappa shape index (κ1) is 16.4. The van der Waals surface area contributed by atoms with E-state index >= 15 is 0 Å². The Bertz CT molecular complexity index is 508. The Morgan fingerprint density at radius 2 is 2.04 bits per heavy atom. The quantitative estimate of drug-likeness (QED) is 0.907. The summed E-state index contributed by atoms with van der Waals surface area (Å²) in [4.78, 5) is 17.1. The molecule has 1 amide bonds. The highest BCUT2D eigenvalue weighted by Crippen LogP contribution is 2.20. The van der Waals surface area contributed by atoms with E-state index in [2.05, 4.69) is 29.2 Å². The average molecular weight is 317 g/mol. The number of hydrogen-bond donors (Lipinski definition) is 1.